The molecule has 0 saturated carbocycles. The van der Waals surface area contributed by atoms with Crippen molar-refractivity contribution in [2.45, 2.75) is 13.3 Å². The zero-order chi connectivity index (χ0) is 12.8. The van der Waals surface area contributed by atoms with Crippen LogP contribution in [0, 0.1) is 11.8 Å². The van der Waals surface area contributed by atoms with Crippen LogP contribution < -0.4 is 5.32 Å². The van der Waals surface area contributed by atoms with Crippen LogP contribution in [0.3, 0.4) is 0 Å². The van der Waals surface area contributed by atoms with Gasteiger partial charge in [0.15, 0.2) is 0 Å². The summed E-state index contributed by atoms with van der Waals surface area (Å²) in [6, 6.07) is 11.9. The lowest BCUT2D eigenvalue weighted by molar-refractivity contribution is -0.118. The molecular formula is C15H14N2O. The summed E-state index contributed by atoms with van der Waals surface area (Å²) in [6.45, 7) is 2.08. The molecule has 0 bridgehead atoms. The molecule has 1 amide bonds. The number of aromatic nitrogens is 1. The Hall–Kier alpha value is -2.34. The highest BCUT2D eigenvalue weighted by Gasteiger charge is 1.94. The summed E-state index contributed by atoms with van der Waals surface area (Å²) in [5.41, 5.74) is 1.71. The number of rotatable bonds is 2. The number of carbonyl (C=O) groups is 1. The molecule has 2 rings (SSSR count). The van der Waals surface area contributed by atoms with Crippen molar-refractivity contribution in [3.05, 3.63) is 42.1 Å². The minimum Gasteiger partial charge on any atom is -0.355 e. The average molecular weight is 238 g/mol. The molecule has 0 spiro atoms. The van der Waals surface area contributed by atoms with E-state index in [1.165, 1.54) is 6.92 Å². The molecule has 3 nitrogen and oxygen atoms in total. The van der Waals surface area contributed by atoms with Gasteiger partial charge >= 0.3 is 0 Å². The molecule has 0 aliphatic heterocycles. The highest BCUT2D eigenvalue weighted by Crippen LogP contribution is 2.10. The van der Waals surface area contributed by atoms with Crippen molar-refractivity contribution in [3.63, 3.8) is 0 Å². The van der Waals surface area contributed by atoms with Gasteiger partial charge in [-0.2, -0.15) is 0 Å². The average Bonchev–Trinajstić information content (AvgIpc) is 2.38. The quantitative estimate of drug-likeness (QED) is 0.643. The van der Waals surface area contributed by atoms with E-state index in [2.05, 4.69) is 22.1 Å². The molecule has 1 aromatic heterocycles. The first-order chi connectivity index (χ1) is 8.75. The van der Waals surface area contributed by atoms with Crippen molar-refractivity contribution in [3.8, 4) is 11.8 Å². The Bertz CT molecular complexity index is 623. The van der Waals surface area contributed by atoms with Gasteiger partial charge in [0.2, 0.25) is 5.91 Å². The highest BCUT2D eigenvalue weighted by atomic mass is 16.1. The molecule has 0 unspecified atom stereocenters. The Labute approximate surface area is 106 Å². The topological polar surface area (TPSA) is 42.0 Å². The molecule has 0 atom stereocenters. The van der Waals surface area contributed by atoms with E-state index in [0.717, 1.165) is 16.6 Å². The summed E-state index contributed by atoms with van der Waals surface area (Å²) in [4.78, 5) is 15.1. The number of hydrogen-bond acceptors (Lipinski definition) is 2. The summed E-state index contributed by atoms with van der Waals surface area (Å²) >= 11 is 0. The third kappa shape index (κ3) is 3.33. The van der Waals surface area contributed by atoms with Crippen LogP contribution in [0.4, 0.5) is 0 Å². The van der Waals surface area contributed by atoms with Gasteiger partial charge in [-0.1, -0.05) is 30.2 Å². The molecule has 0 aliphatic carbocycles. The number of nitrogens with one attached hydrogen (secondary N) is 1. The third-order valence-electron chi connectivity index (χ3n) is 2.44. The second-order valence-electron chi connectivity index (χ2n) is 3.92. The van der Waals surface area contributed by atoms with Crippen LogP contribution in [0.15, 0.2) is 36.4 Å². The molecule has 0 saturated heterocycles. The second-order valence-corrected chi connectivity index (χ2v) is 3.92. The predicted octanol–water partition coefficient (Wildman–Crippen LogP) is 2.11. The first kappa shape index (κ1) is 12.1. The fourth-order valence-corrected chi connectivity index (χ4v) is 1.59. The number of hydrogen-bond donors (Lipinski definition) is 1. The van der Waals surface area contributed by atoms with Crippen LogP contribution in [0.2, 0.25) is 0 Å². The molecule has 1 aromatic carbocycles. The number of amides is 1. The van der Waals surface area contributed by atoms with E-state index in [9.17, 15) is 4.79 Å². The smallest absolute Gasteiger partial charge is 0.216 e. The summed E-state index contributed by atoms with van der Waals surface area (Å²) in [6.07, 6.45) is 0.633. The van der Waals surface area contributed by atoms with Crippen molar-refractivity contribution in [2.24, 2.45) is 0 Å². The van der Waals surface area contributed by atoms with Gasteiger partial charge in [0.05, 0.1) is 5.52 Å². The van der Waals surface area contributed by atoms with Gasteiger partial charge in [0.25, 0.3) is 0 Å². The molecule has 18 heavy (non-hydrogen) atoms. The fraction of sp³-hybridized carbons (Fsp3) is 0.200. The zero-order valence-electron chi connectivity index (χ0n) is 10.2. The molecule has 2 aromatic rings. The molecule has 90 valence electrons. The summed E-state index contributed by atoms with van der Waals surface area (Å²) in [7, 11) is 0. The Morgan fingerprint density at radius 3 is 2.94 bits per heavy atom. The number of pyridine rings is 1. The monoisotopic (exact) mass is 238 g/mol. The Morgan fingerprint density at radius 2 is 2.11 bits per heavy atom. The van der Waals surface area contributed by atoms with Crippen LogP contribution in [0.5, 0.6) is 0 Å². The molecule has 1 heterocycles. The van der Waals surface area contributed by atoms with Crippen molar-refractivity contribution in [2.75, 3.05) is 6.54 Å². The van der Waals surface area contributed by atoms with E-state index in [1.54, 1.807) is 0 Å². The lowest BCUT2D eigenvalue weighted by atomic mass is 10.2. The number of carbonyl (C=O) groups excluding carboxylic acids is 1. The highest BCUT2D eigenvalue weighted by molar-refractivity contribution is 5.78. The van der Waals surface area contributed by atoms with E-state index in [0.29, 0.717) is 13.0 Å². The molecule has 3 heteroatoms. The largest absolute Gasteiger partial charge is 0.355 e. The normalized spacial score (nSPS) is 9.61. The molecular weight excluding hydrogens is 224 g/mol. The number of para-hydroxylation sites is 1. The zero-order valence-corrected chi connectivity index (χ0v) is 10.2. The first-order valence-electron chi connectivity index (χ1n) is 5.85. The van der Waals surface area contributed by atoms with Crippen molar-refractivity contribution in [1.82, 2.24) is 10.3 Å². The van der Waals surface area contributed by atoms with Gasteiger partial charge in [-0.25, -0.2) is 4.98 Å². The van der Waals surface area contributed by atoms with Gasteiger partial charge in [0, 0.05) is 25.3 Å². The molecule has 0 aliphatic rings. The third-order valence-corrected chi connectivity index (χ3v) is 2.44. The molecule has 1 N–H and O–H groups in total. The second kappa shape index (κ2) is 5.83. The maximum atomic E-state index is 10.7. The summed E-state index contributed by atoms with van der Waals surface area (Å²) in [5, 5.41) is 3.81. The SMILES string of the molecule is CC(=O)NCCC#Cc1ccc2ccccc2n1. The fourth-order valence-electron chi connectivity index (χ4n) is 1.59. The predicted molar refractivity (Wildman–Crippen MR) is 71.9 cm³/mol. The summed E-state index contributed by atoms with van der Waals surface area (Å²) < 4.78 is 0. The van der Waals surface area contributed by atoms with Gasteiger partial charge in [-0.3, -0.25) is 4.79 Å². The van der Waals surface area contributed by atoms with Crippen LogP contribution >= 0.6 is 0 Å². The number of benzene rings is 1. The van der Waals surface area contributed by atoms with E-state index >= 15 is 0 Å². The van der Waals surface area contributed by atoms with E-state index in [-0.39, 0.29) is 5.91 Å². The maximum absolute atomic E-state index is 10.7. The van der Waals surface area contributed by atoms with Crippen molar-refractivity contribution >= 4 is 16.8 Å². The first-order valence-corrected chi connectivity index (χ1v) is 5.85. The Kier molecular flexibility index (Phi) is 3.93. The van der Waals surface area contributed by atoms with Gasteiger partial charge in [0.1, 0.15) is 5.69 Å². The Morgan fingerprint density at radius 1 is 1.28 bits per heavy atom. The van der Waals surface area contributed by atoms with E-state index in [4.69, 9.17) is 0 Å². The van der Waals surface area contributed by atoms with E-state index in [1.807, 2.05) is 36.4 Å². The van der Waals surface area contributed by atoms with Gasteiger partial charge in [-0.15, -0.1) is 0 Å². The molecule has 0 radical (unpaired) electrons. The standard InChI is InChI=1S/C15H14N2O/c1-12(18)16-11-5-4-7-14-10-9-13-6-2-3-8-15(13)17-14/h2-3,6,8-10H,5,11H2,1H3,(H,16,18). The van der Waals surface area contributed by atoms with E-state index < -0.39 is 0 Å². The van der Waals surface area contributed by atoms with Crippen LogP contribution in [-0.4, -0.2) is 17.4 Å². The van der Waals surface area contributed by atoms with Gasteiger partial charge < -0.3 is 5.32 Å². The van der Waals surface area contributed by atoms with Crippen molar-refractivity contribution < 1.29 is 4.79 Å². The Balaban J connectivity index is 2.03. The number of nitrogens with zero attached hydrogens (tertiary/aromatic N) is 1. The van der Waals surface area contributed by atoms with Crippen LogP contribution in [-0.2, 0) is 4.79 Å². The lowest BCUT2D eigenvalue weighted by Gasteiger charge is -1.97. The van der Waals surface area contributed by atoms with Crippen molar-refractivity contribution in [1.29, 1.82) is 0 Å². The van der Waals surface area contributed by atoms with Crippen LogP contribution in [0.25, 0.3) is 10.9 Å². The minimum atomic E-state index is -0.0272. The minimum absolute atomic E-state index is 0.0272. The maximum Gasteiger partial charge on any atom is 0.216 e. The molecule has 0 fully saturated rings. The van der Waals surface area contributed by atoms with Gasteiger partial charge in [-0.05, 0) is 18.1 Å². The summed E-state index contributed by atoms with van der Waals surface area (Å²) in [5.74, 6) is 5.97. The lowest BCUT2D eigenvalue weighted by Crippen LogP contribution is -2.20. The van der Waals surface area contributed by atoms with Crippen LogP contribution in [0.1, 0.15) is 19.0 Å². The number of fused-ring (bicyclic) bond motifs is 1.